The van der Waals surface area contributed by atoms with Crippen LogP contribution in [0.5, 0.6) is 0 Å². The Morgan fingerprint density at radius 2 is 2.19 bits per heavy atom. The number of hydrogen-bond donors (Lipinski definition) is 1. The first kappa shape index (κ1) is 14.2. The predicted octanol–water partition coefficient (Wildman–Crippen LogP) is 3.14. The maximum atomic E-state index is 12.3. The molecule has 0 saturated heterocycles. The summed E-state index contributed by atoms with van der Waals surface area (Å²) in [5, 5.41) is 7.40. The molecule has 1 aromatic heterocycles. The Kier molecular flexibility index (Phi) is 3.53. The summed E-state index contributed by atoms with van der Waals surface area (Å²) in [6.07, 6.45) is 0. The van der Waals surface area contributed by atoms with E-state index in [1.54, 1.807) is 11.8 Å². The number of nitrogens with one attached hydrogen (secondary N) is 1. The van der Waals surface area contributed by atoms with Crippen LogP contribution in [0, 0.1) is 6.92 Å². The number of fused-ring (bicyclic) bond motifs is 3. The van der Waals surface area contributed by atoms with E-state index < -0.39 is 0 Å². The van der Waals surface area contributed by atoms with Gasteiger partial charge in [0.2, 0.25) is 0 Å². The van der Waals surface area contributed by atoms with Gasteiger partial charge in [0.05, 0.1) is 5.69 Å². The fourth-order valence-corrected chi connectivity index (χ4v) is 3.71. The summed E-state index contributed by atoms with van der Waals surface area (Å²) < 4.78 is 1.84. The number of rotatable bonds is 2. The molecule has 0 atom stereocenters. The second kappa shape index (κ2) is 5.22. The lowest BCUT2D eigenvalue weighted by Gasteiger charge is -2.18. The molecule has 0 fully saturated rings. The van der Waals surface area contributed by atoms with Crippen molar-refractivity contribution in [2.24, 2.45) is 7.05 Å². The molecule has 1 N–H and O–H groups in total. The monoisotopic (exact) mass is 301 g/mol. The third kappa shape index (κ3) is 2.46. The van der Waals surface area contributed by atoms with Gasteiger partial charge in [-0.2, -0.15) is 5.10 Å². The average molecular weight is 301 g/mol. The zero-order chi connectivity index (χ0) is 15.1. The number of nitrogens with zero attached hydrogens (tertiary/aromatic N) is 2. The van der Waals surface area contributed by atoms with Crippen molar-refractivity contribution in [1.29, 1.82) is 0 Å². The van der Waals surface area contributed by atoms with Crippen molar-refractivity contribution in [2.45, 2.75) is 37.5 Å². The van der Waals surface area contributed by atoms with Crippen LogP contribution in [-0.2, 0) is 12.8 Å². The largest absolute Gasteiger partial charge is 0.348 e. The molecule has 0 bridgehead atoms. The molecule has 2 aromatic rings. The van der Waals surface area contributed by atoms with Crippen molar-refractivity contribution < 1.29 is 4.79 Å². The van der Waals surface area contributed by atoms with Gasteiger partial charge in [0.15, 0.2) is 5.69 Å². The van der Waals surface area contributed by atoms with Crippen LogP contribution >= 0.6 is 11.8 Å². The number of carbonyl (C=O) groups is 1. The molecule has 3 rings (SSSR count). The van der Waals surface area contributed by atoms with Gasteiger partial charge in [-0.3, -0.25) is 9.48 Å². The molecule has 0 spiro atoms. The van der Waals surface area contributed by atoms with Gasteiger partial charge in [0, 0.05) is 34.9 Å². The summed E-state index contributed by atoms with van der Waals surface area (Å²) in [6, 6.07) is 6.56. The van der Waals surface area contributed by atoms with Gasteiger partial charge < -0.3 is 5.32 Å². The fourth-order valence-electron chi connectivity index (χ4n) is 2.66. The third-order valence-corrected chi connectivity index (χ3v) is 4.64. The molecule has 110 valence electrons. The summed E-state index contributed by atoms with van der Waals surface area (Å²) in [6.45, 7) is 6.00. The Morgan fingerprint density at radius 1 is 1.43 bits per heavy atom. The Hall–Kier alpha value is -1.75. The van der Waals surface area contributed by atoms with Gasteiger partial charge in [-0.15, -0.1) is 11.8 Å². The molecule has 0 aliphatic carbocycles. The summed E-state index contributed by atoms with van der Waals surface area (Å²) in [5.41, 5.74) is 5.07. The van der Waals surface area contributed by atoms with E-state index >= 15 is 0 Å². The van der Waals surface area contributed by atoms with Crippen LogP contribution in [0.15, 0.2) is 23.1 Å². The summed E-state index contributed by atoms with van der Waals surface area (Å²) in [4.78, 5) is 13.6. The van der Waals surface area contributed by atoms with Crippen molar-refractivity contribution in [3.05, 3.63) is 35.0 Å². The average Bonchev–Trinajstić information content (AvgIpc) is 2.75. The molecule has 5 heteroatoms. The lowest BCUT2D eigenvalue weighted by molar-refractivity contribution is 0.0936. The van der Waals surface area contributed by atoms with Crippen LogP contribution < -0.4 is 5.32 Å². The molecule has 0 radical (unpaired) electrons. The van der Waals surface area contributed by atoms with Crippen LogP contribution in [0.4, 0.5) is 0 Å². The Balaban J connectivity index is 2.12. The van der Waals surface area contributed by atoms with Crippen LogP contribution in [0.3, 0.4) is 0 Å². The highest BCUT2D eigenvalue weighted by molar-refractivity contribution is 7.98. The molecular weight excluding hydrogens is 282 g/mol. The van der Waals surface area contributed by atoms with Crippen LogP contribution in [0.2, 0.25) is 0 Å². The standard InChI is InChI=1S/C16H19N3OS/c1-9(2)17-16(20)14-12-8-21-13-6-5-10(3)7-11(13)15(12)19(4)18-14/h5-7,9H,8H2,1-4H3,(H,17,20). The summed E-state index contributed by atoms with van der Waals surface area (Å²) in [5.74, 6) is 0.707. The van der Waals surface area contributed by atoms with Gasteiger partial charge in [-0.25, -0.2) is 0 Å². The van der Waals surface area contributed by atoms with Crippen molar-refractivity contribution in [3.63, 3.8) is 0 Å². The van der Waals surface area contributed by atoms with Gasteiger partial charge in [0.25, 0.3) is 5.91 Å². The minimum Gasteiger partial charge on any atom is -0.348 e. The molecule has 1 amide bonds. The number of carbonyl (C=O) groups excluding carboxylic acids is 1. The normalized spacial score (nSPS) is 13.0. The highest BCUT2D eigenvalue weighted by atomic mass is 32.2. The lowest BCUT2D eigenvalue weighted by atomic mass is 10.0. The Labute approximate surface area is 128 Å². The summed E-state index contributed by atoms with van der Waals surface area (Å²) >= 11 is 1.77. The van der Waals surface area contributed by atoms with Gasteiger partial charge in [-0.05, 0) is 32.9 Å². The van der Waals surface area contributed by atoms with Crippen molar-refractivity contribution in [1.82, 2.24) is 15.1 Å². The molecule has 0 unspecified atom stereocenters. The molecule has 1 aromatic carbocycles. The predicted molar refractivity (Wildman–Crippen MR) is 85.5 cm³/mol. The van der Waals surface area contributed by atoms with Gasteiger partial charge in [-0.1, -0.05) is 11.6 Å². The first-order valence-corrected chi connectivity index (χ1v) is 8.06. The highest BCUT2D eigenvalue weighted by Crippen LogP contribution is 2.42. The van der Waals surface area contributed by atoms with E-state index in [-0.39, 0.29) is 11.9 Å². The number of benzene rings is 1. The molecule has 0 saturated carbocycles. The third-order valence-electron chi connectivity index (χ3n) is 3.54. The second-order valence-electron chi connectivity index (χ2n) is 5.72. The quantitative estimate of drug-likeness (QED) is 0.927. The number of aryl methyl sites for hydroxylation is 2. The first-order valence-electron chi connectivity index (χ1n) is 7.08. The van der Waals surface area contributed by atoms with E-state index in [4.69, 9.17) is 0 Å². The molecule has 21 heavy (non-hydrogen) atoms. The fraction of sp³-hybridized carbons (Fsp3) is 0.375. The summed E-state index contributed by atoms with van der Waals surface area (Å²) in [7, 11) is 1.91. The zero-order valence-electron chi connectivity index (χ0n) is 12.7. The van der Waals surface area contributed by atoms with Crippen LogP contribution in [-0.4, -0.2) is 21.7 Å². The van der Waals surface area contributed by atoms with Crippen molar-refractivity contribution >= 4 is 17.7 Å². The molecule has 4 nitrogen and oxygen atoms in total. The van der Waals surface area contributed by atoms with E-state index in [1.807, 2.05) is 25.6 Å². The maximum Gasteiger partial charge on any atom is 0.272 e. The molecule has 1 aliphatic heterocycles. The minimum absolute atomic E-state index is 0.0847. The molecular formula is C16H19N3OS. The second-order valence-corrected chi connectivity index (χ2v) is 6.73. The van der Waals surface area contributed by atoms with E-state index in [0.29, 0.717) is 5.69 Å². The molecule has 1 aliphatic rings. The lowest BCUT2D eigenvalue weighted by Crippen LogP contribution is -2.31. The topological polar surface area (TPSA) is 46.9 Å². The Morgan fingerprint density at radius 3 is 2.90 bits per heavy atom. The number of amides is 1. The van der Waals surface area contributed by atoms with E-state index in [1.165, 1.54) is 16.0 Å². The number of aromatic nitrogens is 2. The molecule has 2 heterocycles. The first-order chi connectivity index (χ1) is 9.97. The van der Waals surface area contributed by atoms with E-state index in [2.05, 4.69) is 35.5 Å². The van der Waals surface area contributed by atoms with E-state index in [0.717, 1.165) is 17.0 Å². The smallest absolute Gasteiger partial charge is 0.272 e. The van der Waals surface area contributed by atoms with Crippen LogP contribution in [0.25, 0.3) is 11.3 Å². The Bertz CT molecular complexity index is 719. The highest BCUT2D eigenvalue weighted by Gasteiger charge is 2.27. The van der Waals surface area contributed by atoms with E-state index in [9.17, 15) is 4.79 Å². The minimum atomic E-state index is -0.0847. The van der Waals surface area contributed by atoms with Crippen LogP contribution in [0.1, 0.15) is 35.5 Å². The number of hydrogen-bond acceptors (Lipinski definition) is 3. The zero-order valence-corrected chi connectivity index (χ0v) is 13.5. The van der Waals surface area contributed by atoms with Gasteiger partial charge in [0.1, 0.15) is 0 Å². The van der Waals surface area contributed by atoms with Crippen molar-refractivity contribution in [3.8, 4) is 11.3 Å². The SMILES string of the molecule is Cc1ccc2c(c1)-c1c(c(C(=O)NC(C)C)nn1C)CS2. The van der Waals surface area contributed by atoms with Gasteiger partial charge >= 0.3 is 0 Å². The van der Waals surface area contributed by atoms with Crippen molar-refractivity contribution in [2.75, 3.05) is 0 Å². The number of thioether (sulfide) groups is 1. The maximum absolute atomic E-state index is 12.3.